The number of rotatable bonds is 7. The summed E-state index contributed by atoms with van der Waals surface area (Å²) in [5, 5.41) is 13.5. The third kappa shape index (κ3) is 7.24. The molecule has 0 bridgehead atoms. The van der Waals surface area contributed by atoms with Crippen LogP contribution in [-0.2, 0) is 0 Å². The maximum atomic E-state index is 12.6. The first-order valence-electron chi connectivity index (χ1n) is 13.3. The van der Waals surface area contributed by atoms with Crippen LogP contribution in [0.1, 0.15) is 48.8 Å². The number of ether oxygens (including phenoxy) is 1. The van der Waals surface area contributed by atoms with Crippen molar-refractivity contribution in [2.24, 2.45) is 0 Å². The number of halogens is 3. The number of aryl methyl sites for hydroxylation is 1. The van der Waals surface area contributed by atoms with Gasteiger partial charge in [0.1, 0.15) is 12.1 Å². The van der Waals surface area contributed by atoms with Gasteiger partial charge < -0.3 is 15.4 Å². The molecule has 0 radical (unpaired) electrons. The Labute approximate surface area is 246 Å². The summed E-state index contributed by atoms with van der Waals surface area (Å²) in [6.45, 7) is 6.21. The van der Waals surface area contributed by atoms with Crippen molar-refractivity contribution in [3.63, 3.8) is 0 Å². The van der Waals surface area contributed by atoms with E-state index < -0.39 is 6.36 Å². The van der Waals surface area contributed by atoms with Crippen molar-refractivity contribution in [2.75, 3.05) is 5.32 Å². The van der Waals surface area contributed by atoms with Gasteiger partial charge in [0.25, 0.3) is 0 Å². The van der Waals surface area contributed by atoms with Crippen LogP contribution in [0.15, 0.2) is 73.1 Å². The fourth-order valence-electron chi connectivity index (χ4n) is 4.67. The number of nitrogens with zero attached hydrogens (tertiary/aromatic N) is 3. The minimum atomic E-state index is -4.75. The number of hydrogen-bond donors (Lipinski definition) is 3. The second kappa shape index (κ2) is 11.8. The van der Waals surface area contributed by atoms with Gasteiger partial charge in [-0.15, -0.1) is 18.3 Å². The van der Waals surface area contributed by atoms with Crippen LogP contribution in [0, 0.1) is 6.92 Å². The second-order valence-corrected chi connectivity index (χ2v) is 10.8. The van der Waals surface area contributed by atoms with Crippen molar-refractivity contribution in [1.82, 2.24) is 25.4 Å². The molecule has 5 rings (SSSR count). The Hall–Kier alpha value is -4.45. The summed E-state index contributed by atoms with van der Waals surface area (Å²) in [6.07, 6.45) is -2.45. The Balaban J connectivity index is 1.13. The fourth-order valence-corrected chi connectivity index (χ4v) is 4.87. The normalized spacial score (nSPS) is 16.2. The summed E-state index contributed by atoms with van der Waals surface area (Å²) < 4.78 is 42.6. The zero-order chi connectivity index (χ0) is 30.0. The lowest BCUT2D eigenvalue weighted by Gasteiger charge is -2.16. The van der Waals surface area contributed by atoms with Gasteiger partial charge in [-0.25, -0.2) is 14.5 Å². The first kappa shape index (κ1) is 29.1. The number of carbonyl (C=O) groups is 1. The molecule has 42 heavy (non-hydrogen) atoms. The maximum Gasteiger partial charge on any atom is 0.573 e. The molecule has 12 heteroatoms. The van der Waals surface area contributed by atoms with Gasteiger partial charge >= 0.3 is 12.4 Å². The summed E-state index contributed by atoms with van der Waals surface area (Å²) in [6, 6.07) is 18.9. The van der Waals surface area contributed by atoms with E-state index in [0.29, 0.717) is 17.4 Å². The second-order valence-electron chi connectivity index (χ2n) is 10.4. The van der Waals surface area contributed by atoms with Crippen LogP contribution in [0.3, 0.4) is 0 Å². The number of urea groups is 1. The van der Waals surface area contributed by atoms with Crippen molar-refractivity contribution in [3.8, 4) is 22.8 Å². The first-order valence-corrected chi connectivity index (χ1v) is 13.7. The van der Waals surface area contributed by atoms with Crippen molar-refractivity contribution >= 4 is 29.0 Å². The highest BCUT2D eigenvalue weighted by Crippen LogP contribution is 2.41. The molecule has 1 aromatic heterocycles. The van der Waals surface area contributed by atoms with Gasteiger partial charge in [0.2, 0.25) is 0 Å². The van der Waals surface area contributed by atoms with Crippen LogP contribution in [0.5, 0.6) is 5.75 Å². The highest BCUT2D eigenvalue weighted by molar-refractivity contribution is 7.80. The number of alkyl halides is 3. The van der Waals surface area contributed by atoms with E-state index in [1.165, 1.54) is 35.3 Å². The zero-order valence-electron chi connectivity index (χ0n) is 23.1. The smallest absolute Gasteiger partial charge is 0.406 e. The molecular formula is C30H29F3N6O2S. The summed E-state index contributed by atoms with van der Waals surface area (Å²) >= 11 is 5.37. The highest BCUT2D eigenvalue weighted by atomic mass is 32.1. The largest absolute Gasteiger partial charge is 0.573 e. The average Bonchev–Trinajstić information content (AvgIpc) is 3.49. The number of anilines is 1. The lowest BCUT2D eigenvalue weighted by atomic mass is 9.99. The topological polar surface area (TPSA) is 93.1 Å². The molecule has 0 aliphatic heterocycles. The molecule has 3 aromatic carbocycles. The van der Waals surface area contributed by atoms with Crippen LogP contribution in [0.25, 0.3) is 17.1 Å². The Morgan fingerprint density at radius 2 is 1.79 bits per heavy atom. The lowest BCUT2D eigenvalue weighted by molar-refractivity contribution is -0.274. The monoisotopic (exact) mass is 594 g/mol. The Bertz CT molecular complexity index is 1590. The molecule has 0 unspecified atom stereocenters. The molecule has 218 valence electrons. The third-order valence-corrected chi connectivity index (χ3v) is 7.04. The van der Waals surface area contributed by atoms with E-state index in [-0.39, 0.29) is 28.9 Å². The summed E-state index contributed by atoms with van der Waals surface area (Å²) in [4.78, 5) is 16.9. The minimum Gasteiger partial charge on any atom is -0.406 e. The van der Waals surface area contributed by atoms with Gasteiger partial charge in [0.15, 0.2) is 10.9 Å². The van der Waals surface area contributed by atoms with Gasteiger partial charge in [-0.05, 0) is 78.5 Å². The van der Waals surface area contributed by atoms with Gasteiger partial charge in [-0.1, -0.05) is 50.2 Å². The standard InChI is InChI=1S/C30H29F3N6O2S/c1-17(2)23-13-4-18(3)14-25(23)36-29(42)37-28(40)35-26-15-24(26)19-5-7-20(8-6-19)27-34-16-39(38-27)21-9-11-22(12-10-21)41-30(31,32)33/h4-14,16-17,24,26H,15H2,1-3H3,(H3,35,36,37,40,42)/t24-,26+/m0/s1. The van der Waals surface area contributed by atoms with E-state index in [4.69, 9.17) is 12.2 Å². The predicted molar refractivity (Wildman–Crippen MR) is 158 cm³/mol. The molecule has 8 nitrogen and oxygen atoms in total. The Kier molecular flexibility index (Phi) is 8.17. The van der Waals surface area contributed by atoms with Gasteiger partial charge in [-0.2, -0.15) is 0 Å². The van der Waals surface area contributed by atoms with Gasteiger partial charge in [0.05, 0.1) is 5.69 Å². The minimum absolute atomic E-state index is 0.00882. The van der Waals surface area contributed by atoms with Gasteiger partial charge in [0, 0.05) is 23.2 Å². The molecule has 1 aliphatic carbocycles. The predicted octanol–water partition coefficient (Wildman–Crippen LogP) is 6.82. The SMILES string of the molecule is Cc1ccc(C(C)C)c(NC(=S)NC(=O)N[C@@H]2C[C@H]2c2ccc(-c3ncn(-c4ccc(OC(F)(F)F)cc4)n3)cc2)c1. The molecule has 1 saturated carbocycles. The quantitative estimate of drug-likeness (QED) is 0.204. The van der Waals surface area contributed by atoms with E-state index in [1.54, 1.807) is 0 Å². The number of amides is 2. The highest BCUT2D eigenvalue weighted by Gasteiger charge is 2.39. The van der Waals surface area contributed by atoms with E-state index in [1.807, 2.05) is 37.3 Å². The first-order chi connectivity index (χ1) is 19.9. The molecule has 0 saturated heterocycles. The van der Waals surface area contributed by atoms with Crippen molar-refractivity contribution < 1.29 is 22.7 Å². The van der Waals surface area contributed by atoms with Crippen LogP contribution in [0.2, 0.25) is 0 Å². The summed E-state index contributed by atoms with van der Waals surface area (Å²) in [5.74, 6) is 0.641. The van der Waals surface area contributed by atoms with E-state index >= 15 is 0 Å². The molecule has 3 N–H and O–H groups in total. The molecule has 0 spiro atoms. The van der Waals surface area contributed by atoms with Crippen LogP contribution in [-0.4, -0.2) is 38.3 Å². The Morgan fingerprint density at radius 1 is 1.07 bits per heavy atom. The average molecular weight is 595 g/mol. The number of aromatic nitrogens is 3. The number of carbonyl (C=O) groups excluding carboxylic acids is 1. The molecule has 1 fully saturated rings. The van der Waals surface area contributed by atoms with Crippen molar-refractivity contribution in [2.45, 2.75) is 51.4 Å². The molecule has 2 atom stereocenters. The van der Waals surface area contributed by atoms with Crippen LogP contribution >= 0.6 is 12.2 Å². The van der Waals surface area contributed by atoms with E-state index in [9.17, 15) is 18.0 Å². The van der Waals surface area contributed by atoms with Crippen LogP contribution in [0.4, 0.5) is 23.7 Å². The summed E-state index contributed by atoms with van der Waals surface area (Å²) in [5.41, 5.74) is 5.49. The van der Waals surface area contributed by atoms with Crippen molar-refractivity contribution in [1.29, 1.82) is 0 Å². The van der Waals surface area contributed by atoms with E-state index in [2.05, 4.69) is 56.8 Å². The number of thiocarbonyl (C=S) groups is 1. The van der Waals surface area contributed by atoms with Gasteiger partial charge in [-0.3, -0.25) is 5.32 Å². The number of hydrogen-bond acceptors (Lipinski definition) is 5. The third-order valence-electron chi connectivity index (χ3n) is 6.84. The number of benzene rings is 3. The van der Waals surface area contributed by atoms with Crippen LogP contribution < -0.4 is 20.7 Å². The Morgan fingerprint density at radius 3 is 2.45 bits per heavy atom. The maximum absolute atomic E-state index is 12.6. The molecular weight excluding hydrogens is 565 g/mol. The fraction of sp³-hybridized carbons (Fsp3) is 0.267. The summed E-state index contributed by atoms with van der Waals surface area (Å²) in [7, 11) is 0. The molecule has 1 heterocycles. The van der Waals surface area contributed by atoms with Crippen molar-refractivity contribution in [3.05, 3.63) is 89.7 Å². The molecule has 4 aromatic rings. The number of nitrogens with one attached hydrogen (secondary N) is 3. The van der Waals surface area contributed by atoms with E-state index in [0.717, 1.165) is 34.4 Å². The lowest BCUT2D eigenvalue weighted by Crippen LogP contribution is -2.42. The zero-order valence-corrected chi connectivity index (χ0v) is 23.9. The molecule has 1 aliphatic rings. The molecule has 2 amide bonds.